The number of rotatable bonds is 5. The van der Waals surface area contributed by atoms with Crippen molar-refractivity contribution in [3.8, 4) is 5.75 Å². The summed E-state index contributed by atoms with van der Waals surface area (Å²) >= 11 is 5.23. The SMILES string of the molecule is CCC(N)C(Oc1ccc(Br)cc1C)c1ccc(C)s1. The molecule has 20 heavy (non-hydrogen) atoms. The van der Waals surface area contributed by atoms with Crippen LogP contribution < -0.4 is 10.5 Å². The lowest BCUT2D eigenvalue weighted by Gasteiger charge is -2.24. The van der Waals surface area contributed by atoms with Gasteiger partial charge in [-0.05, 0) is 56.2 Å². The third kappa shape index (κ3) is 3.62. The van der Waals surface area contributed by atoms with Gasteiger partial charge in [-0.25, -0.2) is 0 Å². The van der Waals surface area contributed by atoms with E-state index >= 15 is 0 Å². The molecule has 0 radical (unpaired) electrons. The number of hydrogen-bond donors (Lipinski definition) is 1. The normalized spacial score (nSPS) is 14.1. The first-order chi connectivity index (χ1) is 9.51. The van der Waals surface area contributed by atoms with Gasteiger partial charge in [-0.2, -0.15) is 0 Å². The molecule has 0 aliphatic heterocycles. The summed E-state index contributed by atoms with van der Waals surface area (Å²) < 4.78 is 7.28. The van der Waals surface area contributed by atoms with Crippen molar-refractivity contribution in [1.29, 1.82) is 0 Å². The second kappa shape index (κ2) is 6.74. The molecule has 0 aliphatic carbocycles. The zero-order valence-corrected chi connectivity index (χ0v) is 14.4. The smallest absolute Gasteiger partial charge is 0.148 e. The standard InChI is InChI=1S/C16H20BrNOS/c1-4-13(18)16(15-8-5-11(3)20-15)19-14-7-6-12(17)9-10(14)2/h5-9,13,16H,4,18H2,1-3H3. The molecule has 0 saturated carbocycles. The Kier molecular flexibility index (Phi) is 5.24. The number of halogens is 1. The molecule has 108 valence electrons. The van der Waals surface area contributed by atoms with Crippen molar-refractivity contribution >= 4 is 27.3 Å². The maximum absolute atomic E-state index is 6.26. The van der Waals surface area contributed by atoms with E-state index in [4.69, 9.17) is 10.5 Å². The first-order valence-electron chi connectivity index (χ1n) is 6.76. The molecular weight excluding hydrogens is 334 g/mol. The number of nitrogens with two attached hydrogens (primary N) is 1. The van der Waals surface area contributed by atoms with Gasteiger partial charge in [0.2, 0.25) is 0 Å². The summed E-state index contributed by atoms with van der Waals surface area (Å²) in [6.07, 6.45) is 0.801. The van der Waals surface area contributed by atoms with Crippen LogP contribution in [0.4, 0.5) is 0 Å². The predicted octanol–water partition coefficient (Wildman–Crippen LogP) is 4.98. The molecular formula is C16H20BrNOS. The zero-order valence-electron chi connectivity index (χ0n) is 12.0. The number of thiophene rings is 1. The van der Waals surface area contributed by atoms with Crippen LogP contribution in [0.15, 0.2) is 34.8 Å². The van der Waals surface area contributed by atoms with Gasteiger partial charge in [0, 0.05) is 20.3 Å². The highest BCUT2D eigenvalue weighted by Gasteiger charge is 2.22. The van der Waals surface area contributed by atoms with Crippen LogP contribution in [0.25, 0.3) is 0 Å². The van der Waals surface area contributed by atoms with Crippen LogP contribution in [0.1, 0.15) is 34.8 Å². The first-order valence-corrected chi connectivity index (χ1v) is 8.37. The van der Waals surface area contributed by atoms with Crippen molar-refractivity contribution < 1.29 is 4.74 Å². The molecule has 2 aromatic rings. The number of benzene rings is 1. The van der Waals surface area contributed by atoms with Crippen molar-refractivity contribution in [1.82, 2.24) is 0 Å². The Hall–Kier alpha value is -0.840. The van der Waals surface area contributed by atoms with Crippen LogP contribution in [-0.4, -0.2) is 6.04 Å². The third-order valence-corrected chi connectivity index (χ3v) is 4.85. The summed E-state index contributed by atoms with van der Waals surface area (Å²) in [6, 6.07) is 10.3. The van der Waals surface area contributed by atoms with Crippen molar-refractivity contribution in [3.05, 3.63) is 50.1 Å². The lowest BCUT2D eigenvalue weighted by molar-refractivity contribution is 0.173. The molecule has 0 bridgehead atoms. The molecule has 0 spiro atoms. The minimum absolute atomic E-state index is 0.00361. The van der Waals surface area contributed by atoms with Gasteiger partial charge in [0.05, 0.1) is 0 Å². The molecule has 2 nitrogen and oxygen atoms in total. The number of hydrogen-bond acceptors (Lipinski definition) is 3. The summed E-state index contributed by atoms with van der Waals surface area (Å²) in [5, 5.41) is 0. The van der Waals surface area contributed by atoms with E-state index in [9.17, 15) is 0 Å². The van der Waals surface area contributed by atoms with Gasteiger partial charge in [0.25, 0.3) is 0 Å². The average Bonchev–Trinajstić information content (AvgIpc) is 2.83. The van der Waals surface area contributed by atoms with Gasteiger partial charge in [0.15, 0.2) is 0 Å². The van der Waals surface area contributed by atoms with Crippen LogP contribution in [0.2, 0.25) is 0 Å². The zero-order chi connectivity index (χ0) is 14.7. The Labute approximate surface area is 133 Å². The Balaban J connectivity index is 2.28. The highest BCUT2D eigenvalue weighted by Crippen LogP contribution is 2.32. The van der Waals surface area contributed by atoms with Gasteiger partial charge >= 0.3 is 0 Å². The predicted molar refractivity (Wildman–Crippen MR) is 89.6 cm³/mol. The summed E-state index contributed by atoms with van der Waals surface area (Å²) in [5.74, 6) is 0.896. The minimum Gasteiger partial charge on any atom is -0.483 e. The molecule has 0 aliphatic rings. The summed E-state index contributed by atoms with van der Waals surface area (Å²) in [6.45, 7) is 6.25. The molecule has 1 heterocycles. The lowest BCUT2D eigenvalue weighted by Crippen LogP contribution is -2.31. The van der Waals surface area contributed by atoms with Crippen molar-refractivity contribution in [2.45, 2.75) is 39.3 Å². The van der Waals surface area contributed by atoms with Gasteiger partial charge in [-0.3, -0.25) is 0 Å². The molecule has 0 fully saturated rings. The summed E-state index contributed by atoms with van der Waals surface area (Å²) in [5.41, 5.74) is 7.37. The molecule has 0 saturated heterocycles. The molecule has 0 amide bonds. The van der Waals surface area contributed by atoms with E-state index in [1.807, 2.05) is 19.1 Å². The Morgan fingerprint density at radius 2 is 2.00 bits per heavy atom. The summed E-state index contributed by atoms with van der Waals surface area (Å²) in [7, 11) is 0. The maximum Gasteiger partial charge on any atom is 0.148 e. The van der Waals surface area contributed by atoms with Gasteiger partial charge in [-0.1, -0.05) is 22.9 Å². The highest BCUT2D eigenvalue weighted by molar-refractivity contribution is 9.10. The first kappa shape index (κ1) is 15.5. The van der Waals surface area contributed by atoms with Crippen LogP contribution in [-0.2, 0) is 0 Å². The molecule has 2 unspecified atom stereocenters. The summed E-state index contributed by atoms with van der Waals surface area (Å²) in [4.78, 5) is 2.48. The molecule has 1 aromatic heterocycles. The van der Waals surface area contributed by atoms with Crippen LogP contribution in [0, 0.1) is 13.8 Å². The highest BCUT2D eigenvalue weighted by atomic mass is 79.9. The topological polar surface area (TPSA) is 35.2 Å². The molecule has 4 heteroatoms. The van der Waals surface area contributed by atoms with Gasteiger partial charge < -0.3 is 10.5 Å². The fraction of sp³-hybridized carbons (Fsp3) is 0.375. The van der Waals surface area contributed by atoms with Gasteiger partial charge in [0.1, 0.15) is 11.9 Å². The van der Waals surface area contributed by atoms with Crippen LogP contribution >= 0.6 is 27.3 Å². The van der Waals surface area contributed by atoms with E-state index in [0.29, 0.717) is 0 Å². The van der Waals surface area contributed by atoms with Crippen LogP contribution in [0.3, 0.4) is 0 Å². The molecule has 2 rings (SSSR count). The van der Waals surface area contributed by atoms with E-state index in [1.165, 1.54) is 9.75 Å². The largest absolute Gasteiger partial charge is 0.483 e. The third-order valence-electron chi connectivity index (χ3n) is 3.29. The minimum atomic E-state index is -0.0847. The van der Waals surface area contributed by atoms with Crippen molar-refractivity contribution in [2.24, 2.45) is 5.73 Å². The van der Waals surface area contributed by atoms with E-state index in [2.05, 4.69) is 48.0 Å². The molecule has 2 atom stereocenters. The Morgan fingerprint density at radius 3 is 2.55 bits per heavy atom. The molecule has 1 aromatic carbocycles. The lowest BCUT2D eigenvalue weighted by atomic mass is 10.1. The number of aryl methyl sites for hydroxylation is 2. The Morgan fingerprint density at radius 1 is 1.25 bits per heavy atom. The van der Waals surface area contributed by atoms with E-state index < -0.39 is 0 Å². The van der Waals surface area contributed by atoms with E-state index in [1.54, 1.807) is 11.3 Å². The fourth-order valence-electron chi connectivity index (χ4n) is 2.06. The van der Waals surface area contributed by atoms with E-state index in [-0.39, 0.29) is 12.1 Å². The van der Waals surface area contributed by atoms with Crippen molar-refractivity contribution in [3.63, 3.8) is 0 Å². The Bertz CT molecular complexity index is 582. The van der Waals surface area contributed by atoms with Crippen LogP contribution in [0.5, 0.6) is 5.75 Å². The maximum atomic E-state index is 6.26. The molecule has 2 N–H and O–H groups in total. The fourth-order valence-corrected chi connectivity index (χ4v) is 3.52. The van der Waals surface area contributed by atoms with E-state index in [0.717, 1.165) is 22.2 Å². The second-order valence-electron chi connectivity index (χ2n) is 4.97. The average molecular weight is 354 g/mol. The monoisotopic (exact) mass is 353 g/mol. The number of ether oxygens (including phenoxy) is 1. The van der Waals surface area contributed by atoms with Crippen molar-refractivity contribution in [2.75, 3.05) is 0 Å². The quantitative estimate of drug-likeness (QED) is 0.821. The second-order valence-corrected chi connectivity index (χ2v) is 7.20. The van der Waals surface area contributed by atoms with Gasteiger partial charge in [-0.15, -0.1) is 11.3 Å².